The molecule has 6 heteroatoms. The van der Waals surface area contributed by atoms with E-state index in [1.54, 1.807) is 18.5 Å². The first-order valence-corrected chi connectivity index (χ1v) is 9.95. The number of carbonyl (C=O) groups is 1. The molecule has 2 aromatic heterocycles. The minimum atomic E-state index is 0.00546. The number of hydrogen-bond acceptors (Lipinski definition) is 4. The average Bonchev–Trinajstić information content (AvgIpc) is 3.40. The molecule has 0 aliphatic carbocycles. The molecule has 0 spiro atoms. The molecule has 1 aromatic carbocycles. The zero-order chi connectivity index (χ0) is 20.1. The average molecular weight is 387 g/mol. The van der Waals surface area contributed by atoms with Crippen molar-refractivity contribution in [2.24, 2.45) is 5.73 Å². The summed E-state index contributed by atoms with van der Waals surface area (Å²) in [4.78, 5) is 18.8. The Balaban J connectivity index is 1.61. The van der Waals surface area contributed by atoms with Crippen molar-refractivity contribution in [3.8, 4) is 11.3 Å². The van der Waals surface area contributed by atoms with E-state index in [-0.39, 0.29) is 11.9 Å². The topological polar surface area (TPSA) is 77.0 Å². The molecule has 0 radical (unpaired) electrons. The van der Waals surface area contributed by atoms with Crippen LogP contribution in [0.15, 0.2) is 67.1 Å². The van der Waals surface area contributed by atoms with E-state index in [1.165, 1.54) is 5.56 Å². The Kier molecular flexibility index (Phi) is 5.81. The molecule has 0 bridgehead atoms. The van der Waals surface area contributed by atoms with Gasteiger partial charge in [-0.2, -0.15) is 5.10 Å². The van der Waals surface area contributed by atoms with Crippen LogP contribution in [0.25, 0.3) is 17.3 Å². The normalized spacial score (nSPS) is 16.6. The highest BCUT2D eigenvalue weighted by molar-refractivity contribution is 5.93. The molecular weight excluding hydrogens is 362 g/mol. The van der Waals surface area contributed by atoms with Crippen LogP contribution in [0.4, 0.5) is 0 Å². The van der Waals surface area contributed by atoms with Crippen molar-refractivity contribution in [3.05, 3.63) is 78.3 Å². The largest absolute Gasteiger partial charge is 0.335 e. The van der Waals surface area contributed by atoms with Gasteiger partial charge in [0.15, 0.2) is 0 Å². The van der Waals surface area contributed by atoms with Crippen molar-refractivity contribution in [2.75, 3.05) is 13.1 Å². The summed E-state index contributed by atoms with van der Waals surface area (Å²) >= 11 is 0. The molecule has 1 fully saturated rings. The Morgan fingerprint density at radius 2 is 2.07 bits per heavy atom. The molecule has 2 N–H and O–H groups in total. The van der Waals surface area contributed by atoms with E-state index in [1.807, 2.05) is 52.2 Å². The number of nitrogens with two attached hydrogens (primary N) is 1. The van der Waals surface area contributed by atoms with Crippen LogP contribution in [-0.2, 0) is 11.3 Å². The lowest BCUT2D eigenvalue weighted by molar-refractivity contribution is -0.126. The van der Waals surface area contributed by atoms with Crippen LogP contribution in [0.2, 0.25) is 0 Å². The summed E-state index contributed by atoms with van der Waals surface area (Å²) in [6.07, 6.45) is 11.0. The lowest BCUT2D eigenvalue weighted by atomic mass is 10.1. The second kappa shape index (κ2) is 8.84. The van der Waals surface area contributed by atoms with E-state index in [2.05, 4.69) is 17.1 Å². The molecule has 4 rings (SSSR count). The number of aromatic nitrogens is 3. The molecule has 3 heterocycles. The highest BCUT2D eigenvalue weighted by Crippen LogP contribution is 2.24. The standard InChI is InChI=1S/C23H25N5O/c24-14-21-9-5-13-28(21)22(29)11-10-20-17-27(16-18-6-2-1-3-7-18)26-23(20)19-8-4-12-25-15-19/h1-4,6-8,10-12,15,17,21H,5,9,13-14,16,24H2/b11-10+. The molecule has 29 heavy (non-hydrogen) atoms. The number of nitrogens with zero attached hydrogens (tertiary/aromatic N) is 4. The summed E-state index contributed by atoms with van der Waals surface area (Å²) in [5, 5.41) is 4.76. The van der Waals surface area contributed by atoms with Crippen LogP contribution < -0.4 is 5.73 Å². The van der Waals surface area contributed by atoms with Gasteiger partial charge in [-0.15, -0.1) is 0 Å². The van der Waals surface area contributed by atoms with Gasteiger partial charge in [0, 0.05) is 54.9 Å². The van der Waals surface area contributed by atoms with Crippen LogP contribution in [0, 0.1) is 0 Å². The minimum Gasteiger partial charge on any atom is -0.335 e. The van der Waals surface area contributed by atoms with Gasteiger partial charge in [0.25, 0.3) is 0 Å². The van der Waals surface area contributed by atoms with Crippen LogP contribution >= 0.6 is 0 Å². The second-order valence-electron chi connectivity index (χ2n) is 7.25. The summed E-state index contributed by atoms with van der Waals surface area (Å²) in [6.45, 7) is 1.94. The van der Waals surface area contributed by atoms with Gasteiger partial charge in [-0.3, -0.25) is 14.5 Å². The number of pyridine rings is 1. The van der Waals surface area contributed by atoms with E-state index in [0.717, 1.165) is 36.2 Å². The lowest BCUT2D eigenvalue weighted by Gasteiger charge is -2.21. The number of amides is 1. The molecule has 1 amide bonds. The molecule has 3 aromatic rings. The Labute approximate surface area is 170 Å². The van der Waals surface area contributed by atoms with Crippen LogP contribution in [0.3, 0.4) is 0 Å². The first-order chi connectivity index (χ1) is 14.2. The Hall–Kier alpha value is -3.25. The van der Waals surface area contributed by atoms with Crippen molar-refractivity contribution >= 4 is 12.0 Å². The minimum absolute atomic E-state index is 0.00546. The maximum absolute atomic E-state index is 12.7. The monoisotopic (exact) mass is 387 g/mol. The molecule has 1 aliphatic heterocycles. The van der Waals surface area contributed by atoms with E-state index >= 15 is 0 Å². The summed E-state index contributed by atoms with van der Waals surface area (Å²) in [5.74, 6) is 0.00546. The predicted octanol–water partition coefficient (Wildman–Crippen LogP) is 2.96. The van der Waals surface area contributed by atoms with Crippen LogP contribution in [0.5, 0.6) is 0 Å². The van der Waals surface area contributed by atoms with E-state index in [4.69, 9.17) is 10.8 Å². The fourth-order valence-electron chi connectivity index (χ4n) is 3.77. The van der Waals surface area contributed by atoms with Crippen molar-refractivity contribution in [3.63, 3.8) is 0 Å². The molecule has 148 valence electrons. The van der Waals surface area contributed by atoms with Crippen LogP contribution in [0.1, 0.15) is 24.0 Å². The van der Waals surface area contributed by atoms with Gasteiger partial charge in [-0.25, -0.2) is 0 Å². The first-order valence-electron chi connectivity index (χ1n) is 9.95. The van der Waals surface area contributed by atoms with Gasteiger partial charge in [0.1, 0.15) is 5.69 Å². The summed E-state index contributed by atoms with van der Waals surface area (Å²) in [6, 6.07) is 14.2. The third-order valence-electron chi connectivity index (χ3n) is 5.25. The highest BCUT2D eigenvalue weighted by Gasteiger charge is 2.26. The third-order valence-corrected chi connectivity index (χ3v) is 5.25. The van der Waals surface area contributed by atoms with Gasteiger partial charge >= 0.3 is 0 Å². The smallest absolute Gasteiger partial charge is 0.246 e. The predicted molar refractivity (Wildman–Crippen MR) is 114 cm³/mol. The van der Waals surface area contributed by atoms with E-state index < -0.39 is 0 Å². The maximum Gasteiger partial charge on any atom is 0.246 e. The Morgan fingerprint density at radius 3 is 2.83 bits per heavy atom. The van der Waals surface area contributed by atoms with Gasteiger partial charge < -0.3 is 10.6 Å². The molecule has 6 nitrogen and oxygen atoms in total. The molecule has 0 saturated carbocycles. The van der Waals surface area contributed by atoms with Crippen LogP contribution in [-0.4, -0.2) is 44.7 Å². The fraction of sp³-hybridized carbons (Fsp3) is 0.261. The van der Waals surface area contributed by atoms with Gasteiger partial charge in [-0.1, -0.05) is 30.3 Å². The van der Waals surface area contributed by atoms with Gasteiger partial charge in [-0.05, 0) is 36.6 Å². The molecule has 1 saturated heterocycles. The van der Waals surface area contributed by atoms with Crippen molar-refractivity contribution < 1.29 is 4.79 Å². The summed E-state index contributed by atoms with van der Waals surface area (Å²) in [7, 11) is 0. The fourth-order valence-corrected chi connectivity index (χ4v) is 3.77. The number of hydrogen-bond donors (Lipinski definition) is 1. The summed E-state index contributed by atoms with van der Waals surface area (Å²) < 4.78 is 1.90. The molecule has 1 atom stereocenters. The summed E-state index contributed by atoms with van der Waals surface area (Å²) in [5.41, 5.74) is 9.61. The SMILES string of the molecule is NCC1CCCN1C(=O)/C=C/c1cn(Cc2ccccc2)nc1-c1cccnc1. The number of rotatable bonds is 6. The van der Waals surface area contributed by atoms with Gasteiger partial charge in [0.05, 0.1) is 6.54 Å². The van der Waals surface area contributed by atoms with Crippen molar-refractivity contribution in [1.82, 2.24) is 19.7 Å². The first kappa shape index (κ1) is 19.1. The lowest BCUT2D eigenvalue weighted by Crippen LogP contribution is -2.38. The van der Waals surface area contributed by atoms with Gasteiger partial charge in [0.2, 0.25) is 5.91 Å². The van der Waals surface area contributed by atoms with E-state index in [9.17, 15) is 4.79 Å². The van der Waals surface area contributed by atoms with Crippen molar-refractivity contribution in [2.45, 2.75) is 25.4 Å². The zero-order valence-corrected chi connectivity index (χ0v) is 16.3. The Bertz CT molecular complexity index is 981. The number of likely N-dealkylation sites (tertiary alicyclic amines) is 1. The molecule has 1 aliphatic rings. The maximum atomic E-state index is 12.7. The number of benzene rings is 1. The third kappa shape index (κ3) is 4.43. The Morgan fingerprint density at radius 1 is 1.21 bits per heavy atom. The second-order valence-corrected chi connectivity index (χ2v) is 7.25. The quantitative estimate of drug-likeness (QED) is 0.660. The number of carbonyl (C=O) groups excluding carboxylic acids is 1. The molecular formula is C23H25N5O. The highest BCUT2D eigenvalue weighted by atomic mass is 16.2. The van der Waals surface area contributed by atoms with E-state index in [0.29, 0.717) is 13.1 Å². The zero-order valence-electron chi connectivity index (χ0n) is 16.3. The molecule has 1 unspecified atom stereocenters. The van der Waals surface area contributed by atoms with Crippen molar-refractivity contribution in [1.29, 1.82) is 0 Å².